The van der Waals surface area contributed by atoms with Crippen LogP contribution in [-0.2, 0) is 15.6 Å². The van der Waals surface area contributed by atoms with Crippen molar-refractivity contribution in [1.29, 1.82) is 0 Å². The van der Waals surface area contributed by atoms with E-state index >= 15 is 0 Å². The van der Waals surface area contributed by atoms with Gasteiger partial charge in [-0.1, -0.05) is 18.2 Å². The number of anilines is 1. The number of rotatable bonds is 5. The molecule has 1 aliphatic heterocycles. The van der Waals surface area contributed by atoms with Crippen molar-refractivity contribution in [3.8, 4) is 0 Å². The molecule has 1 unspecified atom stereocenters. The molecule has 0 saturated carbocycles. The first-order valence-electron chi connectivity index (χ1n) is 8.50. The fourth-order valence-corrected chi connectivity index (χ4v) is 5.82. The molecule has 0 spiro atoms. The molecule has 1 fully saturated rings. The van der Waals surface area contributed by atoms with Crippen LogP contribution in [0.2, 0.25) is 0 Å². The SMILES string of the molecule is C[C@H]1CN(S(=O)(=O)c2cccs2)CCN1c1ccc(C(C)(O)CO)cc1. The highest BCUT2D eigenvalue weighted by molar-refractivity contribution is 7.91. The van der Waals surface area contributed by atoms with Gasteiger partial charge in [0.2, 0.25) is 0 Å². The van der Waals surface area contributed by atoms with Crippen molar-refractivity contribution < 1.29 is 18.6 Å². The number of piperazine rings is 1. The third kappa shape index (κ3) is 3.65. The van der Waals surface area contributed by atoms with Crippen LogP contribution in [0.3, 0.4) is 0 Å². The fourth-order valence-electron chi connectivity index (χ4n) is 3.17. The lowest BCUT2D eigenvalue weighted by atomic mass is 9.96. The molecule has 1 saturated heterocycles. The lowest BCUT2D eigenvalue weighted by Gasteiger charge is -2.40. The lowest BCUT2D eigenvalue weighted by molar-refractivity contribution is -0.00227. The Morgan fingerprint density at radius 3 is 2.46 bits per heavy atom. The normalized spacial score (nSPS) is 21.5. The van der Waals surface area contributed by atoms with Crippen LogP contribution in [0, 0.1) is 0 Å². The average Bonchev–Trinajstić information content (AvgIpc) is 3.17. The molecule has 8 heteroatoms. The summed E-state index contributed by atoms with van der Waals surface area (Å²) in [6.07, 6.45) is 0. The predicted molar refractivity (Wildman–Crippen MR) is 103 cm³/mol. The second-order valence-corrected chi connectivity index (χ2v) is 9.93. The Kier molecular flexibility index (Phi) is 5.41. The van der Waals surface area contributed by atoms with Gasteiger partial charge in [-0.15, -0.1) is 11.3 Å². The molecule has 0 bridgehead atoms. The lowest BCUT2D eigenvalue weighted by Crippen LogP contribution is -2.53. The molecule has 2 heterocycles. The highest BCUT2D eigenvalue weighted by Gasteiger charge is 2.33. The van der Waals surface area contributed by atoms with Gasteiger partial charge < -0.3 is 15.1 Å². The molecular weight excluding hydrogens is 372 g/mol. The monoisotopic (exact) mass is 396 g/mol. The van der Waals surface area contributed by atoms with Crippen LogP contribution >= 0.6 is 11.3 Å². The van der Waals surface area contributed by atoms with Gasteiger partial charge in [-0.25, -0.2) is 8.42 Å². The maximum Gasteiger partial charge on any atom is 0.252 e. The summed E-state index contributed by atoms with van der Waals surface area (Å²) in [6, 6.07) is 10.8. The largest absolute Gasteiger partial charge is 0.393 e. The zero-order chi connectivity index (χ0) is 18.9. The van der Waals surface area contributed by atoms with Gasteiger partial charge in [0.05, 0.1) is 6.61 Å². The first-order chi connectivity index (χ1) is 12.3. The average molecular weight is 397 g/mol. The topological polar surface area (TPSA) is 81.1 Å². The van der Waals surface area contributed by atoms with Crippen molar-refractivity contribution in [1.82, 2.24) is 4.31 Å². The van der Waals surface area contributed by atoms with Crippen LogP contribution in [0.5, 0.6) is 0 Å². The van der Waals surface area contributed by atoms with Gasteiger partial charge in [-0.2, -0.15) is 4.31 Å². The summed E-state index contributed by atoms with van der Waals surface area (Å²) in [5.41, 5.74) is 0.357. The smallest absolute Gasteiger partial charge is 0.252 e. The zero-order valence-corrected chi connectivity index (χ0v) is 16.5. The van der Waals surface area contributed by atoms with Gasteiger partial charge >= 0.3 is 0 Å². The quantitative estimate of drug-likeness (QED) is 0.806. The number of sulfonamides is 1. The zero-order valence-electron chi connectivity index (χ0n) is 14.9. The van der Waals surface area contributed by atoms with Gasteiger partial charge in [0.25, 0.3) is 10.0 Å². The minimum atomic E-state index is -3.42. The Hall–Kier alpha value is -1.45. The van der Waals surface area contributed by atoms with Crippen molar-refractivity contribution in [2.45, 2.75) is 29.7 Å². The molecule has 1 aliphatic rings. The highest BCUT2D eigenvalue weighted by atomic mass is 32.2. The number of aliphatic hydroxyl groups excluding tert-OH is 1. The summed E-state index contributed by atoms with van der Waals surface area (Å²) >= 11 is 1.24. The predicted octanol–water partition coefficient (Wildman–Crippen LogP) is 1.85. The van der Waals surface area contributed by atoms with Gasteiger partial charge in [0, 0.05) is 31.4 Å². The molecule has 1 aromatic carbocycles. The molecule has 3 rings (SSSR count). The minimum absolute atomic E-state index is 0.0303. The van der Waals surface area contributed by atoms with E-state index in [2.05, 4.69) is 4.90 Å². The third-order valence-electron chi connectivity index (χ3n) is 4.81. The summed E-state index contributed by atoms with van der Waals surface area (Å²) < 4.78 is 27.3. The van der Waals surface area contributed by atoms with Crippen molar-refractivity contribution >= 4 is 27.0 Å². The number of nitrogens with zero attached hydrogens (tertiary/aromatic N) is 2. The molecule has 2 atom stereocenters. The van der Waals surface area contributed by atoms with Crippen LogP contribution in [0.15, 0.2) is 46.0 Å². The van der Waals surface area contributed by atoms with Crippen LogP contribution in [0.1, 0.15) is 19.4 Å². The summed E-state index contributed by atoms with van der Waals surface area (Å²) in [5, 5.41) is 21.2. The Morgan fingerprint density at radius 2 is 1.92 bits per heavy atom. The van der Waals surface area contributed by atoms with E-state index in [0.717, 1.165) is 5.69 Å². The second-order valence-electron chi connectivity index (χ2n) is 6.82. The Balaban J connectivity index is 1.73. The van der Waals surface area contributed by atoms with Gasteiger partial charge in [0.15, 0.2) is 0 Å². The maximum atomic E-state index is 12.7. The van der Waals surface area contributed by atoms with Crippen LogP contribution in [-0.4, -0.2) is 55.2 Å². The summed E-state index contributed by atoms with van der Waals surface area (Å²) in [7, 11) is -3.42. The molecule has 6 nitrogen and oxygen atoms in total. The number of aliphatic hydroxyl groups is 2. The summed E-state index contributed by atoms with van der Waals surface area (Å²) in [6.45, 7) is 4.69. The van der Waals surface area contributed by atoms with E-state index in [9.17, 15) is 18.6 Å². The fraction of sp³-hybridized carbons (Fsp3) is 0.444. The van der Waals surface area contributed by atoms with Crippen LogP contribution in [0.4, 0.5) is 5.69 Å². The Morgan fingerprint density at radius 1 is 1.23 bits per heavy atom. The van der Waals surface area contributed by atoms with E-state index in [0.29, 0.717) is 29.4 Å². The Labute approximate surface area is 158 Å². The molecule has 0 radical (unpaired) electrons. The van der Waals surface area contributed by atoms with Crippen molar-refractivity contribution in [2.24, 2.45) is 0 Å². The van der Waals surface area contributed by atoms with Crippen LogP contribution < -0.4 is 4.90 Å². The molecule has 2 N–H and O–H groups in total. The maximum absolute atomic E-state index is 12.7. The van der Waals surface area contributed by atoms with E-state index in [1.54, 1.807) is 40.9 Å². The number of thiophene rings is 1. The number of hydrogen-bond acceptors (Lipinski definition) is 6. The summed E-state index contributed by atoms with van der Waals surface area (Å²) in [5.74, 6) is 0. The van der Waals surface area contributed by atoms with Crippen molar-refractivity contribution in [3.63, 3.8) is 0 Å². The van der Waals surface area contributed by atoms with E-state index in [1.807, 2.05) is 19.1 Å². The van der Waals surface area contributed by atoms with E-state index in [4.69, 9.17) is 0 Å². The molecule has 0 amide bonds. The van der Waals surface area contributed by atoms with Gasteiger partial charge in [-0.05, 0) is 43.0 Å². The van der Waals surface area contributed by atoms with Crippen molar-refractivity contribution in [2.75, 3.05) is 31.1 Å². The van der Waals surface area contributed by atoms with Crippen molar-refractivity contribution in [3.05, 3.63) is 47.3 Å². The van der Waals surface area contributed by atoms with Gasteiger partial charge in [0.1, 0.15) is 9.81 Å². The molecule has 0 aliphatic carbocycles. The first kappa shape index (κ1) is 19.3. The molecular formula is C18H24N2O4S2. The minimum Gasteiger partial charge on any atom is -0.393 e. The number of benzene rings is 1. The molecule has 1 aromatic heterocycles. The first-order valence-corrected chi connectivity index (χ1v) is 10.8. The molecule has 2 aromatic rings. The van der Waals surface area contributed by atoms with Gasteiger partial charge in [-0.3, -0.25) is 0 Å². The van der Waals surface area contributed by atoms with Crippen LogP contribution in [0.25, 0.3) is 0 Å². The highest BCUT2D eigenvalue weighted by Crippen LogP contribution is 2.28. The summed E-state index contributed by atoms with van der Waals surface area (Å²) in [4.78, 5) is 2.16. The second kappa shape index (κ2) is 7.28. The Bertz CT molecular complexity index is 833. The van der Waals surface area contributed by atoms with E-state index < -0.39 is 15.6 Å². The molecule has 142 valence electrons. The standard InChI is InChI=1S/C18H24N2O4S2/c1-14-12-19(26(23,24)17-4-3-11-25-17)9-10-20(14)16-7-5-15(6-8-16)18(2,22)13-21/h3-8,11,14,21-22H,9-10,12-13H2,1-2H3/t14-,18?/m0/s1. The molecule has 26 heavy (non-hydrogen) atoms. The van der Waals surface area contributed by atoms with E-state index in [-0.39, 0.29) is 12.6 Å². The third-order valence-corrected chi connectivity index (χ3v) is 8.05. The van der Waals surface area contributed by atoms with E-state index in [1.165, 1.54) is 11.3 Å². The number of hydrogen-bond donors (Lipinski definition) is 2.